The van der Waals surface area contributed by atoms with Crippen LogP contribution in [0.2, 0.25) is 0 Å². The fraction of sp³-hybridized carbons (Fsp3) is 0.667. The molecule has 1 heterocycles. The molecule has 0 atom stereocenters. The van der Waals surface area contributed by atoms with Gasteiger partial charge in [0.25, 0.3) is 0 Å². The van der Waals surface area contributed by atoms with Crippen LogP contribution < -0.4 is 5.32 Å². The molecule has 3 heteroatoms. The molecule has 0 aromatic carbocycles. The Balaban J connectivity index is 2.28. The van der Waals surface area contributed by atoms with E-state index in [4.69, 9.17) is 0 Å². The van der Waals surface area contributed by atoms with Crippen LogP contribution in [0.3, 0.4) is 0 Å². The highest BCUT2D eigenvalue weighted by atomic mass is 15.2. The summed E-state index contributed by atoms with van der Waals surface area (Å²) in [6.07, 6.45) is 6.89. The van der Waals surface area contributed by atoms with Gasteiger partial charge in [0, 0.05) is 25.8 Å². The van der Waals surface area contributed by atoms with Crippen LogP contribution in [-0.4, -0.2) is 37.4 Å². The molecule has 1 fully saturated rings. The topological polar surface area (TPSA) is 27.6 Å². The van der Waals surface area contributed by atoms with Gasteiger partial charge in [0.2, 0.25) is 0 Å². The molecule has 3 nitrogen and oxygen atoms in total. The van der Waals surface area contributed by atoms with Gasteiger partial charge in [-0.15, -0.1) is 0 Å². The van der Waals surface area contributed by atoms with Crippen molar-refractivity contribution in [2.24, 2.45) is 4.99 Å². The Morgan fingerprint density at radius 3 is 3.08 bits per heavy atom. The van der Waals surface area contributed by atoms with E-state index in [-0.39, 0.29) is 0 Å². The summed E-state index contributed by atoms with van der Waals surface area (Å²) in [5.74, 6) is 0. The van der Waals surface area contributed by atoms with E-state index in [0.29, 0.717) is 0 Å². The second-order valence-electron chi connectivity index (χ2n) is 2.89. The summed E-state index contributed by atoms with van der Waals surface area (Å²) in [6, 6.07) is 0. The summed E-state index contributed by atoms with van der Waals surface area (Å²) in [4.78, 5) is 6.40. The first-order chi connectivity index (χ1) is 5.93. The Bertz CT molecular complexity index is 155. The zero-order valence-electron chi connectivity index (χ0n) is 7.66. The molecule has 1 aliphatic heterocycles. The van der Waals surface area contributed by atoms with Gasteiger partial charge < -0.3 is 10.2 Å². The molecule has 0 spiro atoms. The van der Waals surface area contributed by atoms with E-state index in [2.05, 4.69) is 15.2 Å². The third kappa shape index (κ3) is 3.53. The molecule has 12 heavy (non-hydrogen) atoms. The monoisotopic (exact) mass is 167 g/mol. The van der Waals surface area contributed by atoms with Gasteiger partial charge in [-0.1, -0.05) is 6.08 Å². The van der Waals surface area contributed by atoms with Gasteiger partial charge in [0.15, 0.2) is 0 Å². The van der Waals surface area contributed by atoms with Crippen molar-refractivity contribution in [3.63, 3.8) is 0 Å². The zero-order valence-corrected chi connectivity index (χ0v) is 7.66. The maximum absolute atomic E-state index is 4.15. The molecule has 68 valence electrons. The molecular formula is C9H17N3. The van der Waals surface area contributed by atoms with Gasteiger partial charge in [-0.2, -0.15) is 0 Å². The van der Waals surface area contributed by atoms with Crippen molar-refractivity contribution in [2.75, 3.05) is 26.2 Å². The largest absolute Gasteiger partial charge is 0.361 e. The van der Waals surface area contributed by atoms with E-state index in [1.165, 1.54) is 6.42 Å². The highest BCUT2D eigenvalue weighted by molar-refractivity contribution is 5.55. The Morgan fingerprint density at radius 2 is 2.25 bits per heavy atom. The van der Waals surface area contributed by atoms with Crippen LogP contribution in [0, 0.1) is 0 Å². The standard InChI is InChI=1S/C9H17N3/c1-2-4-11-9-12-7-3-5-10-6-8-12/h2,4,9-10H,3,5-8H2,1H3/b4-2+,11-9+. The summed E-state index contributed by atoms with van der Waals surface area (Å²) in [5.41, 5.74) is 0. The second-order valence-corrected chi connectivity index (χ2v) is 2.89. The quantitative estimate of drug-likeness (QED) is 0.487. The molecule has 1 N–H and O–H groups in total. The number of aliphatic imine (C=N–C) groups is 1. The lowest BCUT2D eigenvalue weighted by Gasteiger charge is -2.14. The van der Waals surface area contributed by atoms with Gasteiger partial charge >= 0.3 is 0 Å². The summed E-state index contributed by atoms with van der Waals surface area (Å²) in [5, 5.41) is 3.35. The molecule has 0 aromatic rings. The number of allylic oxidation sites excluding steroid dienone is 1. The van der Waals surface area contributed by atoms with E-state index in [1.54, 1.807) is 0 Å². The molecule has 0 aliphatic carbocycles. The minimum absolute atomic E-state index is 1.07. The Labute approximate surface area is 74.2 Å². The van der Waals surface area contributed by atoms with E-state index >= 15 is 0 Å². The molecule has 0 unspecified atom stereocenters. The number of nitrogens with zero attached hydrogens (tertiary/aromatic N) is 2. The van der Waals surface area contributed by atoms with Crippen LogP contribution in [0.5, 0.6) is 0 Å². The minimum atomic E-state index is 1.07. The SMILES string of the molecule is C/C=C/N=C/N1CCCNCC1. The van der Waals surface area contributed by atoms with Crippen molar-refractivity contribution in [2.45, 2.75) is 13.3 Å². The van der Waals surface area contributed by atoms with Crippen molar-refractivity contribution in [3.05, 3.63) is 12.3 Å². The van der Waals surface area contributed by atoms with Crippen LogP contribution in [0.1, 0.15) is 13.3 Å². The van der Waals surface area contributed by atoms with E-state index in [1.807, 2.05) is 25.5 Å². The highest BCUT2D eigenvalue weighted by Crippen LogP contribution is 1.91. The minimum Gasteiger partial charge on any atom is -0.361 e. The van der Waals surface area contributed by atoms with Crippen LogP contribution in [0.4, 0.5) is 0 Å². The van der Waals surface area contributed by atoms with Gasteiger partial charge in [-0.05, 0) is 19.9 Å². The van der Waals surface area contributed by atoms with Crippen LogP contribution in [0.15, 0.2) is 17.3 Å². The van der Waals surface area contributed by atoms with Crippen molar-refractivity contribution >= 4 is 6.34 Å². The van der Waals surface area contributed by atoms with Crippen molar-refractivity contribution < 1.29 is 0 Å². The fourth-order valence-electron chi connectivity index (χ4n) is 1.20. The van der Waals surface area contributed by atoms with Gasteiger partial charge in [-0.3, -0.25) is 0 Å². The number of rotatable bonds is 2. The zero-order chi connectivity index (χ0) is 8.65. The lowest BCUT2D eigenvalue weighted by Crippen LogP contribution is -2.26. The molecule has 1 rings (SSSR count). The number of hydrogen-bond donors (Lipinski definition) is 1. The lowest BCUT2D eigenvalue weighted by atomic mass is 10.4. The first kappa shape index (κ1) is 9.26. The average molecular weight is 167 g/mol. The van der Waals surface area contributed by atoms with E-state index in [0.717, 1.165) is 26.2 Å². The average Bonchev–Trinajstić information content (AvgIpc) is 2.33. The number of nitrogens with one attached hydrogen (secondary N) is 1. The first-order valence-electron chi connectivity index (χ1n) is 4.52. The predicted octanol–water partition coefficient (Wildman–Crippen LogP) is 0.844. The van der Waals surface area contributed by atoms with Gasteiger partial charge in [0.05, 0.1) is 6.34 Å². The highest BCUT2D eigenvalue weighted by Gasteiger charge is 2.02. The third-order valence-corrected chi connectivity index (χ3v) is 1.84. The fourth-order valence-corrected chi connectivity index (χ4v) is 1.20. The summed E-state index contributed by atoms with van der Waals surface area (Å²) in [6.45, 7) is 6.37. The molecule has 1 saturated heterocycles. The van der Waals surface area contributed by atoms with Crippen molar-refractivity contribution in [1.82, 2.24) is 10.2 Å². The lowest BCUT2D eigenvalue weighted by molar-refractivity contribution is 0.459. The molecule has 0 radical (unpaired) electrons. The molecular weight excluding hydrogens is 150 g/mol. The van der Waals surface area contributed by atoms with Crippen molar-refractivity contribution in [1.29, 1.82) is 0 Å². The molecule has 0 saturated carbocycles. The van der Waals surface area contributed by atoms with Gasteiger partial charge in [0.1, 0.15) is 0 Å². The second kappa shape index (κ2) is 5.77. The maximum atomic E-state index is 4.15. The smallest absolute Gasteiger partial charge is 0.0905 e. The molecule has 0 amide bonds. The van der Waals surface area contributed by atoms with Crippen molar-refractivity contribution in [3.8, 4) is 0 Å². The van der Waals surface area contributed by atoms with E-state index < -0.39 is 0 Å². The summed E-state index contributed by atoms with van der Waals surface area (Å²) in [7, 11) is 0. The molecule has 1 aliphatic rings. The molecule has 0 bridgehead atoms. The summed E-state index contributed by atoms with van der Waals surface area (Å²) >= 11 is 0. The third-order valence-electron chi connectivity index (χ3n) is 1.84. The van der Waals surface area contributed by atoms with Crippen LogP contribution in [0.25, 0.3) is 0 Å². The Kier molecular flexibility index (Phi) is 4.46. The maximum Gasteiger partial charge on any atom is 0.0905 e. The molecule has 0 aromatic heterocycles. The first-order valence-corrected chi connectivity index (χ1v) is 4.52. The van der Waals surface area contributed by atoms with E-state index in [9.17, 15) is 0 Å². The normalized spacial score (nSPS) is 20.6. The van der Waals surface area contributed by atoms with Crippen LogP contribution >= 0.6 is 0 Å². The van der Waals surface area contributed by atoms with Gasteiger partial charge in [-0.25, -0.2) is 4.99 Å². The van der Waals surface area contributed by atoms with Crippen LogP contribution in [-0.2, 0) is 0 Å². The Hall–Kier alpha value is -0.830. The Morgan fingerprint density at radius 1 is 1.33 bits per heavy atom. The summed E-state index contributed by atoms with van der Waals surface area (Å²) < 4.78 is 0. The predicted molar refractivity (Wildman–Crippen MR) is 52.4 cm³/mol. The number of hydrogen-bond acceptors (Lipinski definition) is 2.